The topological polar surface area (TPSA) is 25.2 Å². The van der Waals surface area contributed by atoms with Crippen molar-refractivity contribution in [2.24, 2.45) is 0 Å². The Kier molecular flexibility index (Phi) is 4.99. The van der Waals surface area contributed by atoms with Gasteiger partial charge in [0.2, 0.25) is 0 Å². The highest BCUT2D eigenvalue weighted by Gasteiger charge is 2.33. The monoisotopic (exact) mass is 382 g/mol. The van der Waals surface area contributed by atoms with Crippen molar-refractivity contribution in [1.29, 1.82) is 0 Å². The van der Waals surface area contributed by atoms with Gasteiger partial charge in [-0.2, -0.15) is 0 Å². The molecule has 2 aromatic carbocycles. The highest BCUT2D eigenvalue weighted by atomic mass is 35.5. The molecule has 1 heterocycles. The normalized spacial score (nSPS) is 13.6. The fourth-order valence-corrected chi connectivity index (χ4v) is 3.44. The summed E-state index contributed by atoms with van der Waals surface area (Å²) in [4.78, 5) is 14.9. The van der Waals surface area contributed by atoms with E-state index in [4.69, 9.17) is 11.6 Å². The van der Waals surface area contributed by atoms with Gasteiger partial charge in [0.05, 0.1) is 6.54 Å². The fraction of sp³-hybridized carbons (Fsp3) is 0.227. The second-order valence-electron chi connectivity index (χ2n) is 6.89. The number of rotatable bonds is 6. The number of nitrogens with zero attached hydrogens (tertiary/aromatic N) is 2. The quantitative estimate of drug-likeness (QED) is 0.580. The lowest BCUT2D eigenvalue weighted by molar-refractivity contribution is 0.0726. The fourth-order valence-electron chi connectivity index (χ4n) is 3.24. The summed E-state index contributed by atoms with van der Waals surface area (Å²) in [6, 6.07) is 17.8. The van der Waals surface area contributed by atoms with Crippen LogP contribution in [-0.2, 0) is 13.1 Å². The van der Waals surface area contributed by atoms with E-state index in [1.807, 2.05) is 47.5 Å². The maximum Gasteiger partial charge on any atom is 0.254 e. The first-order chi connectivity index (χ1) is 13.1. The summed E-state index contributed by atoms with van der Waals surface area (Å²) in [5, 5.41) is 0.735. The molecule has 1 fully saturated rings. The summed E-state index contributed by atoms with van der Waals surface area (Å²) in [5.41, 5.74) is 2.62. The van der Waals surface area contributed by atoms with Crippen LogP contribution in [0.4, 0.5) is 4.39 Å². The van der Waals surface area contributed by atoms with E-state index in [9.17, 15) is 9.18 Å². The second kappa shape index (κ2) is 7.57. The number of aromatic nitrogens is 1. The lowest BCUT2D eigenvalue weighted by Gasteiger charge is -2.23. The van der Waals surface area contributed by atoms with Gasteiger partial charge in [0.1, 0.15) is 5.82 Å². The molecule has 0 atom stereocenters. The minimum absolute atomic E-state index is 0.0528. The minimum Gasteiger partial charge on any atom is -0.345 e. The summed E-state index contributed by atoms with van der Waals surface area (Å²) in [6.07, 6.45) is 4.03. The Morgan fingerprint density at radius 2 is 1.81 bits per heavy atom. The smallest absolute Gasteiger partial charge is 0.254 e. The third-order valence-electron chi connectivity index (χ3n) is 4.89. The molecule has 0 spiro atoms. The van der Waals surface area contributed by atoms with Gasteiger partial charge in [-0.1, -0.05) is 29.8 Å². The van der Waals surface area contributed by atoms with Crippen LogP contribution in [0.2, 0.25) is 5.02 Å². The Labute approximate surface area is 163 Å². The summed E-state index contributed by atoms with van der Waals surface area (Å²) in [6.45, 7) is 1.18. The van der Waals surface area contributed by atoms with E-state index in [0.29, 0.717) is 18.7 Å². The summed E-state index contributed by atoms with van der Waals surface area (Å²) in [5.74, 6) is -0.388. The molecule has 0 N–H and O–H groups in total. The average molecular weight is 383 g/mol. The standard InChI is InChI=1S/C22H20ClFN2O/c23-21-6-2-1-4-17(21)14-25-13-3-5-20(25)15-26(19-11-12-19)22(27)16-7-9-18(24)10-8-16/h1-10,13,19H,11-12,14-15H2. The van der Waals surface area contributed by atoms with Gasteiger partial charge in [-0.05, 0) is 60.9 Å². The van der Waals surface area contributed by atoms with E-state index in [2.05, 4.69) is 4.57 Å². The molecule has 138 valence electrons. The minimum atomic E-state index is -0.335. The Bertz CT molecular complexity index is 947. The number of carbonyl (C=O) groups excluding carboxylic acids is 1. The summed E-state index contributed by atoms with van der Waals surface area (Å²) in [7, 11) is 0. The highest BCUT2D eigenvalue weighted by molar-refractivity contribution is 6.31. The van der Waals surface area contributed by atoms with Crippen molar-refractivity contribution in [3.05, 3.63) is 94.5 Å². The third-order valence-corrected chi connectivity index (χ3v) is 5.26. The van der Waals surface area contributed by atoms with Crippen LogP contribution < -0.4 is 0 Å². The zero-order valence-corrected chi connectivity index (χ0v) is 15.6. The number of halogens is 2. The molecule has 1 saturated carbocycles. The third kappa shape index (κ3) is 4.06. The van der Waals surface area contributed by atoms with Crippen LogP contribution in [0.25, 0.3) is 0 Å². The Morgan fingerprint density at radius 1 is 1.07 bits per heavy atom. The van der Waals surface area contributed by atoms with Crippen LogP contribution in [0.1, 0.15) is 34.5 Å². The predicted octanol–water partition coefficient (Wildman–Crippen LogP) is 5.13. The van der Waals surface area contributed by atoms with Crippen molar-refractivity contribution in [3.63, 3.8) is 0 Å². The Hall–Kier alpha value is -2.59. The van der Waals surface area contributed by atoms with Gasteiger partial charge in [0.25, 0.3) is 5.91 Å². The van der Waals surface area contributed by atoms with Crippen molar-refractivity contribution >= 4 is 17.5 Å². The van der Waals surface area contributed by atoms with Crippen LogP contribution in [-0.4, -0.2) is 21.4 Å². The summed E-state index contributed by atoms with van der Waals surface area (Å²) >= 11 is 6.29. The zero-order valence-electron chi connectivity index (χ0n) is 14.8. The first kappa shape index (κ1) is 17.8. The molecule has 0 unspecified atom stereocenters. The van der Waals surface area contributed by atoms with Crippen LogP contribution in [0.3, 0.4) is 0 Å². The first-order valence-electron chi connectivity index (χ1n) is 9.06. The lowest BCUT2D eigenvalue weighted by atomic mass is 10.2. The largest absolute Gasteiger partial charge is 0.345 e. The number of benzene rings is 2. The molecule has 4 rings (SSSR count). The van der Waals surface area contributed by atoms with Crippen molar-refractivity contribution in [1.82, 2.24) is 9.47 Å². The number of hydrogen-bond donors (Lipinski definition) is 0. The molecule has 1 aliphatic rings. The van der Waals surface area contributed by atoms with Gasteiger partial charge >= 0.3 is 0 Å². The molecule has 0 aliphatic heterocycles. The first-order valence-corrected chi connectivity index (χ1v) is 9.43. The van der Waals surface area contributed by atoms with E-state index in [-0.39, 0.29) is 17.8 Å². The summed E-state index contributed by atoms with van der Waals surface area (Å²) < 4.78 is 15.3. The van der Waals surface area contributed by atoms with Gasteiger partial charge in [-0.15, -0.1) is 0 Å². The molecule has 1 aromatic heterocycles. The number of hydrogen-bond acceptors (Lipinski definition) is 1. The van der Waals surface area contributed by atoms with Crippen LogP contribution in [0, 0.1) is 5.82 Å². The molecule has 1 amide bonds. The second-order valence-corrected chi connectivity index (χ2v) is 7.30. The van der Waals surface area contributed by atoms with E-state index >= 15 is 0 Å². The van der Waals surface area contributed by atoms with E-state index in [0.717, 1.165) is 29.1 Å². The molecule has 0 radical (unpaired) electrons. The lowest BCUT2D eigenvalue weighted by Crippen LogP contribution is -2.33. The maximum atomic E-state index is 13.2. The molecule has 0 bridgehead atoms. The SMILES string of the molecule is O=C(c1ccc(F)cc1)N(Cc1cccn1Cc1ccccc1Cl)C1CC1. The molecule has 3 aromatic rings. The van der Waals surface area contributed by atoms with Crippen molar-refractivity contribution in [3.8, 4) is 0 Å². The van der Waals surface area contributed by atoms with Crippen molar-refractivity contribution in [2.75, 3.05) is 0 Å². The van der Waals surface area contributed by atoms with Gasteiger partial charge < -0.3 is 9.47 Å². The van der Waals surface area contributed by atoms with Crippen molar-refractivity contribution < 1.29 is 9.18 Å². The number of amides is 1. The van der Waals surface area contributed by atoms with Gasteiger partial charge in [-0.3, -0.25) is 4.79 Å². The van der Waals surface area contributed by atoms with Crippen LogP contribution in [0.15, 0.2) is 66.9 Å². The Morgan fingerprint density at radius 3 is 2.52 bits per heavy atom. The number of carbonyl (C=O) groups is 1. The maximum absolute atomic E-state index is 13.2. The van der Waals surface area contributed by atoms with Crippen LogP contribution in [0.5, 0.6) is 0 Å². The van der Waals surface area contributed by atoms with Crippen LogP contribution >= 0.6 is 11.6 Å². The molecule has 1 aliphatic carbocycles. The van der Waals surface area contributed by atoms with Gasteiger partial charge in [0, 0.05) is 35.1 Å². The predicted molar refractivity (Wildman–Crippen MR) is 104 cm³/mol. The van der Waals surface area contributed by atoms with Gasteiger partial charge in [0.15, 0.2) is 0 Å². The van der Waals surface area contributed by atoms with E-state index < -0.39 is 0 Å². The molecular formula is C22H20ClFN2O. The molecule has 5 heteroatoms. The van der Waals surface area contributed by atoms with E-state index in [1.165, 1.54) is 12.1 Å². The molecule has 27 heavy (non-hydrogen) atoms. The van der Waals surface area contributed by atoms with Gasteiger partial charge in [-0.25, -0.2) is 4.39 Å². The van der Waals surface area contributed by atoms with E-state index in [1.54, 1.807) is 12.1 Å². The average Bonchev–Trinajstić information content (AvgIpc) is 3.42. The zero-order chi connectivity index (χ0) is 18.8. The van der Waals surface area contributed by atoms with Crippen molar-refractivity contribution in [2.45, 2.75) is 32.0 Å². The molecular weight excluding hydrogens is 363 g/mol. The highest BCUT2D eigenvalue weighted by Crippen LogP contribution is 2.30. The Balaban J connectivity index is 1.55. The molecule has 0 saturated heterocycles. The molecule has 3 nitrogen and oxygen atoms in total.